The van der Waals surface area contributed by atoms with Crippen LogP contribution in [0.2, 0.25) is 0 Å². The van der Waals surface area contributed by atoms with Gasteiger partial charge < -0.3 is 4.42 Å². The van der Waals surface area contributed by atoms with Gasteiger partial charge in [0, 0.05) is 11.0 Å². The molecule has 0 saturated carbocycles. The third-order valence-corrected chi connectivity index (χ3v) is 4.85. The van der Waals surface area contributed by atoms with Gasteiger partial charge in [-0.15, -0.1) is 0 Å². The van der Waals surface area contributed by atoms with Gasteiger partial charge in [0.05, 0.1) is 5.56 Å². The number of hydrogen-bond donors (Lipinski definition) is 0. The topological polar surface area (TPSA) is 29.3 Å². The van der Waals surface area contributed by atoms with Crippen molar-refractivity contribution >= 4 is 27.0 Å². The van der Waals surface area contributed by atoms with Crippen LogP contribution in [0.3, 0.4) is 0 Å². The lowest BCUT2D eigenvalue weighted by atomic mass is 10.2. The van der Waals surface area contributed by atoms with Crippen LogP contribution in [0.25, 0.3) is 22.6 Å². The van der Waals surface area contributed by atoms with Gasteiger partial charge in [-0.1, -0.05) is 18.2 Å². The van der Waals surface area contributed by atoms with Gasteiger partial charge in [-0.25, -0.2) is 4.98 Å². The summed E-state index contributed by atoms with van der Waals surface area (Å²) in [5.74, 6) is 0.667. The number of hydrogen-bond acceptors (Lipinski definition) is 3. The van der Waals surface area contributed by atoms with Crippen molar-refractivity contribution in [1.82, 2.24) is 9.88 Å². The van der Waals surface area contributed by atoms with Gasteiger partial charge in [-0.2, -0.15) is 0 Å². The quantitative estimate of drug-likeness (QED) is 0.671. The van der Waals surface area contributed by atoms with Crippen molar-refractivity contribution in [2.24, 2.45) is 0 Å². The van der Waals surface area contributed by atoms with Crippen LogP contribution >= 0.6 is 15.9 Å². The van der Waals surface area contributed by atoms with E-state index in [9.17, 15) is 0 Å². The molecule has 0 bridgehead atoms. The first-order valence-corrected chi connectivity index (χ1v) is 8.46. The third-order valence-electron chi connectivity index (χ3n) is 4.16. The van der Waals surface area contributed by atoms with Gasteiger partial charge >= 0.3 is 0 Å². The monoisotopic (exact) mass is 356 g/mol. The molecule has 22 heavy (non-hydrogen) atoms. The summed E-state index contributed by atoms with van der Waals surface area (Å²) >= 11 is 3.56. The molecule has 1 saturated heterocycles. The number of benzene rings is 2. The molecule has 0 spiro atoms. The summed E-state index contributed by atoms with van der Waals surface area (Å²) in [5, 5.41) is 0. The second-order valence-corrected chi connectivity index (χ2v) is 6.64. The van der Waals surface area contributed by atoms with Crippen molar-refractivity contribution in [3.63, 3.8) is 0 Å². The molecule has 4 rings (SSSR count). The van der Waals surface area contributed by atoms with Crippen LogP contribution in [-0.2, 0) is 6.54 Å². The van der Waals surface area contributed by atoms with Gasteiger partial charge in [0.2, 0.25) is 5.89 Å². The molecule has 1 aliphatic heterocycles. The van der Waals surface area contributed by atoms with Crippen LogP contribution < -0.4 is 0 Å². The number of oxazole rings is 1. The minimum absolute atomic E-state index is 0.667. The van der Waals surface area contributed by atoms with Gasteiger partial charge in [0.25, 0.3) is 0 Å². The standard InChI is InChI=1S/C18H17BrN2O/c19-15-6-2-1-5-14(15)18-20-16-11-13(7-8-17(16)22-18)12-21-9-3-4-10-21/h1-2,5-8,11H,3-4,9-10,12H2. The highest BCUT2D eigenvalue weighted by molar-refractivity contribution is 9.10. The molecule has 1 aliphatic rings. The average Bonchev–Trinajstić information content (AvgIpc) is 3.16. The Morgan fingerprint density at radius 1 is 1.09 bits per heavy atom. The lowest BCUT2D eigenvalue weighted by Gasteiger charge is -2.13. The smallest absolute Gasteiger partial charge is 0.228 e. The highest BCUT2D eigenvalue weighted by Gasteiger charge is 2.14. The molecule has 3 nitrogen and oxygen atoms in total. The maximum atomic E-state index is 5.91. The predicted octanol–water partition coefficient (Wildman–Crippen LogP) is 4.85. The molecule has 0 N–H and O–H groups in total. The highest BCUT2D eigenvalue weighted by Crippen LogP contribution is 2.30. The van der Waals surface area contributed by atoms with Crippen molar-refractivity contribution in [2.75, 3.05) is 13.1 Å². The molecule has 1 fully saturated rings. The van der Waals surface area contributed by atoms with E-state index < -0.39 is 0 Å². The molecule has 0 unspecified atom stereocenters. The largest absolute Gasteiger partial charge is 0.436 e. The first-order valence-electron chi connectivity index (χ1n) is 7.66. The first kappa shape index (κ1) is 14.0. The van der Waals surface area contributed by atoms with Gasteiger partial charge in [-0.05, 0) is 71.7 Å². The molecule has 2 aromatic carbocycles. The van der Waals surface area contributed by atoms with Gasteiger partial charge in [-0.3, -0.25) is 4.90 Å². The molecule has 0 amide bonds. The van der Waals surface area contributed by atoms with Crippen LogP contribution in [0.4, 0.5) is 0 Å². The summed E-state index contributed by atoms with van der Waals surface area (Å²) < 4.78 is 6.90. The molecular formula is C18H17BrN2O. The number of rotatable bonds is 3. The molecule has 112 valence electrons. The van der Waals surface area contributed by atoms with Crippen molar-refractivity contribution in [3.05, 3.63) is 52.5 Å². The van der Waals surface area contributed by atoms with E-state index in [2.05, 4.69) is 37.9 Å². The normalized spacial score (nSPS) is 15.7. The minimum Gasteiger partial charge on any atom is -0.436 e. The number of likely N-dealkylation sites (tertiary alicyclic amines) is 1. The summed E-state index contributed by atoms with van der Waals surface area (Å²) in [6.45, 7) is 3.42. The molecule has 4 heteroatoms. The van der Waals surface area contributed by atoms with Crippen molar-refractivity contribution in [2.45, 2.75) is 19.4 Å². The van der Waals surface area contributed by atoms with E-state index in [1.54, 1.807) is 0 Å². The minimum atomic E-state index is 0.667. The summed E-state index contributed by atoms with van der Waals surface area (Å²) in [7, 11) is 0. The molecule has 0 radical (unpaired) electrons. The lowest BCUT2D eigenvalue weighted by Crippen LogP contribution is -2.18. The van der Waals surface area contributed by atoms with Crippen molar-refractivity contribution < 1.29 is 4.42 Å². The highest BCUT2D eigenvalue weighted by atomic mass is 79.9. The van der Waals surface area contributed by atoms with Crippen molar-refractivity contribution in [1.29, 1.82) is 0 Å². The molecule has 2 heterocycles. The number of fused-ring (bicyclic) bond motifs is 1. The lowest BCUT2D eigenvalue weighted by molar-refractivity contribution is 0.331. The second-order valence-electron chi connectivity index (χ2n) is 5.78. The van der Waals surface area contributed by atoms with Crippen molar-refractivity contribution in [3.8, 4) is 11.5 Å². The zero-order chi connectivity index (χ0) is 14.9. The number of aromatic nitrogens is 1. The molecule has 3 aromatic rings. The third kappa shape index (κ3) is 2.69. The van der Waals surface area contributed by atoms with E-state index >= 15 is 0 Å². The van der Waals surface area contributed by atoms with E-state index in [0.717, 1.165) is 27.7 Å². The summed E-state index contributed by atoms with van der Waals surface area (Å²) in [6.07, 6.45) is 2.64. The zero-order valence-corrected chi connectivity index (χ0v) is 13.8. The Bertz CT molecular complexity index is 806. The van der Waals surface area contributed by atoms with Gasteiger partial charge in [0.1, 0.15) is 5.52 Å². The fraction of sp³-hybridized carbons (Fsp3) is 0.278. The Morgan fingerprint density at radius 3 is 2.73 bits per heavy atom. The van der Waals surface area contributed by atoms with E-state index in [1.165, 1.54) is 31.5 Å². The summed E-state index contributed by atoms with van der Waals surface area (Å²) in [4.78, 5) is 7.16. The molecule has 0 aliphatic carbocycles. The molecule has 1 aromatic heterocycles. The maximum Gasteiger partial charge on any atom is 0.228 e. The van der Waals surface area contributed by atoms with E-state index in [4.69, 9.17) is 4.42 Å². The fourth-order valence-corrected chi connectivity index (χ4v) is 3.47. The first-order chi connectivity index (χ1) is 10.8. The second kappa shape index (κ2) is 5.86. The molecule has 0 atom stereocenters. The predicted molar refractivity (Wildman–Crippen MR) is 91.7 cm³/mol. The number of nitrogens with zero attached hydrogens (tertiary/aromatic N) is 2. The van der Waals surface area contributed by atoms with Crippen LogP contribution in [0.5, 0.6) is 0 Å². The van der Waals surface area contributed by atoms with E-state index in [-0.39, 0.29) is 0 Å². The van der Waals surface area contributed by atoms with Gasteiger partial charge in [0.15, 0.2) is 5.58 Å². The van der Waals surface area contributed by atoms with E-state index in [0.29, 0.717) is 5.89 Å². The summed E-state index contributed by atoms with van der Waals surface area (Å²) in [5.41, 5.74) is 4.07. The fourth-order valence-electron chi connectivity index (χ4n) is 3.02. The molecular weight excluding hydrogens is 340 g/mol. The Hall–Kier alpha value is -1.65. The summed E-state index contributed by atoms with van der Waals surface area (Å²) in [6, 6.07) is 14.3. The Morgan fingerprint density at radius 2 is 1.91 bits per heavy atom. The van der Waals surface area contributed by atoms with Crippen LogP contribution in [0, 0.1) is 0 Å². The zero-order valence-electron chi connectivity index (χ0n) is 12.3. The Kier molecular flexibility index (Phi) is 3.72. The Labute approximate surface area is 138 Å². The maximum absolute atomic E-state index is 5.91. The van der Waals surface area contributed by atoms with E-state index in [1.807, 2.05) is 30.3 Å². The number of halogens is 1. The van der Waals surface area contributed by atoms with Crippen LogP contribution in [0.1, 0.15) is 18.4 Å². The van der Waals surface area contributed by atoms with Crippen LogP contribution in [-0.4, -0.2) is 23.0 Å². The SMILES string of the molecule is Brc1ccccc1-c1nc2cc(CN3CCCC3)ccc2o1. The average molecular weight is 357 g/mol. The Balaban J connectivity index is 1.67. The van der Waals surface area contributed by atoms with Crippen LogP contribution in [0.15, 0.2) is 51.4 Å².